The molecule has 0 heterocycles. The second-order valence-corrected chi connectivity index (χ2v) is 6.09. The highest BCUT2D eigenvalue weighted by molar-refractivity contribution is 14.1. The van der Waals surface area contributed by atoms with Gasteiger partial charge in [0.15, 0.2) is 11.5 Å². The van der Waals surface area contributed by atoms with Gasteiger partial charge < -0.3 is 15.2 Å². The Hall–Kier alpha value is -0.950. The molecule has 0 aromatic heterocycles. The topological polar surface area (TPSA) is 41.5 Å². The number of nitrogens with one attached hydrogen (secondary N) is 1. The Labute approximate surface area is 134 Å². The molecule has 2 aromatic carbocycles. The van der Waals surface area contributed by atoms with Crippen molar-refractivity contribution < 1.29 is 9.84 Å². The van der Waals surface area contributed by atoms with E-state index in [4.69, 9.17) is 4.74 Å². The summed E-state index contributed by atoms with van der Waals surface area (Å²) in [6.45, 7) is 0.663. The van der Waals surface area contributed by atoms with E-state index in [1.54, 1.807) is 0 Å². The molecule has 0 radical (unpaired) electrons. The molecule has 0 bridgehead atoms. The van der Waals surface area contributed by atoms with E-state index in [9.17, 15) is 5.11 Å². The van der Waals surface area contributed by atoms with Gasteiger partial charge in [-0.1, -0.05) is 0 Å². The number of methoxy groups -OCH3 is 1. The van der Waals surface area contributed by atoms with Crippen LogP contribution in [-0.2, 0) is 6.54 Å². The van der Waals surface area contributed by atoms with Gasteiger partial charge in [-0.3, -0.25) is 0 Å². The Morgan fingerprint density at radius 3 is 2.58 bits per heavy atom. The van der Waals surface area contributed by atoms with Crippen LogP contribution in [0.5, 0.6) is 11.5 Å². The van der Waals surface area contributed by atoms with Crippen LogP contribution in [0.15, 0.2) is 40.9 Å². The fraction of sp³-hybridized carbons (Fsp3) is 0.143. The van der Waals surface area contributed by atoms with Gasteiger partial charge in [0.05, 0.1) is 11.6 Å². The lowest BCUT2D eigenvalue weighted by atomic mass is 10.2. The molecule has 2 aromatic rings. The zero-order valence-corrected chi connectivity index (χ0v) is 14.0. The van der Waals surface area contributed by atoms with Crippen LogP contribution in [0.3, 0.4) is 0 Å². The average molecular weight is 434 g/mol. The van der Waals surface area contributed by atoms with E-state index in [1.807, 2.05) is 24.3 Å². The fourth-order valence-corrected chi connectivity index (χ4v) is 2.51. The first-order valence-electron chi connectivity index (χ1n) is 5.65. The van der Waals surface area contributed by atoms with Crippen molar-refractivity contribution in [3.63, 3.8) is 0 Å². The number of ether oxygens (including phenoxy) is 1. The van der Waals surface area contributed by atoms with Gasteiger partial charge in [0.2, 0.25) is 0 Å². The molecule has 0 amide bonds. The maximum atomic E-state index is 9.74. The first-order valence-corrected chi connectivity index (χ1v) is 7.52. The van der Waals surface area contributed by atoms with Crippen molar-refractivity contribution in [3.8, 4) is 11.5 Å². The number of hydrogen-bond donors (Lipinski definition) is 2. The maximum Gasteiger partial charge on any atom is 0.172 e. The van der Waals surface area contributed by atoms with Crippen molar-refractivity contribution in [2.24, 2.45) is 0 Å². The molecule has 0 fully saturated rings. The predicted octanol–water partition coefficient (Wildman–Crippen LogP) is 4.38. The van der Waals surface area contributed by atoms with Gasteiger partial charge in [-0.15, -0.1) is 0 Å². The molecule has 0 spiro atoms. The van der Waals surface area contributed by atoms with E-state index in [0.29, 0.717) is 16.8 Å². The van der Waals surface area contributed by atoms with Gasteiger partial charge in [0.1, 0.15) is 0 Å². The highest BCUT2D eigenvalue weighted by atomic mass is 127. The van der Waals surface area contributed by atoms with Crippen molar-refractivity contribution in [1.29, 1.82) is 0 Å². The zero-order valence-electron chi connectivity index (χ0n) is 10.3. The van der Waals surface area contributed by atoms with Gasteiger partial charge in [-0.2, -0.15) is 0 Å². The Kier molecular flexibility index (Phi) is 4.93. The van der Waals surface area contributed by atoms with Crippen LogP contribution in [0.4, 0.5) is 5.69 Å². The summed E-state index contributed by atoms with van der Waals surface area (Å²) in [5.41, 5.74) is 2.09. The molecule has 2 N–H and O–H groups in total. The van der Waals surface area contributed by atoms with Crippen LogP contribution in [0, 0.1) is 3.57 Å². The van der Waals surface area contributed by atoms with Gasteiger partial charge in [0, 0.05) is 15.8 Å². The van der Waals surface area contributed by atoms with E-state index in [-0.39, 0.29) is 5.75 Å². The highest BCUT2D eigenvalue weighted by Gasteiger charge is 2.08. The fourth-order valence-electron chi connectivity index (χ4n) is 1.66. The minimum Gasteiger partial charge on any atom is -0.503 e. The molecular weight excluding hydrogens is 421 g/mol. The number of halogens is 2. The van der Waals surface area contributed by atoms with Crippen molar-refractivity contribution in [1.82, 2.24) is 0 Å². The monoisotopic (exact) mass is 433 g/mol. The van der Waals surface area contributed by atoms with Gasteiger partial charge in [0.25, 0.3) is 0 Å². The molecule has 0 saturated carbocycles. The van der Waals surface area contributed by atoms with E-state index in [2.05, 4.69) is 56.0 Å². The Morgan fingerprint density at radius 2 is 1.95 bits per heavy atom. The average Bonchev–Trinajstić information content (AvgIpc) is 2.41. The number of aromatic hydroxyl groups is 1. The molecule has 2 rings (SSSR count). The van der Waals surface area contributed by atoms with Crippen LogP contribution >= 0.6 is 38.5 Å². The number of anilines is 1. The number of rotatable bonds is 4. The summed E-state index contributed by atoms with van der Waals surface area (Å²) >= 11 is 5.59. The molecule has 5 heteroatoms. The quantitative estimate of drug-likeness (QED) is 0.703. The summed E-state index contributed by atoms with van der Waals surface area (Å²) in [5, 5.41) is 13.1. The molecular formula is C14H13BrINO2. The molecule has 0 atom stereocenters. The van der Waals surface area contributed by atoms with Crippen molar-refractivity contribution in [2.45, 2.75) is 6.54 Å². The van der Waals surface area contributed by atoms with E-state index >= 15 is 0 Å². The SMILES string of the molecule is COc1cc(CNc2ccc(I)cc2)cc(Br)c1O. The van der Waals surface area contributed by atoms with Crippen LogP contribution in [0.1, 0.15) is 5.56 Å². The molecule has 0 saturated heterocycles. The third kappa shape index (κ3) is 3.76. The highest BCUT2D eigenvalue weighted by Crippen LogP contribution is 2.35. The largest absolute Gasteiger partial charge is 0.503 e. The summed E-state index contributed by atoms with van der Waals surface area (Å²) in [6.07, 6.45) is 0. The van der Waals surface area contributed by atoms with Crippen LogP contribution in [0.25, 0.3) is 0 Å². The molecule has 19 heavy (non-hydrogen) atoms. The smallest absolute Gasteiger partial charge is 0.172 e. The minimum atomic E-state index is 0.125. The van der Waals surface area contributed by atoms with Crippen LogP contribution in [-0.4, -0.2) is 12.2 Å². The lowest BCUT2D eigenvalue weighted by Crippen LogP contribution is -2.00. The van der Waals surface area contributed by atoms with Crippen molar-refractivity contribution >= 4 is 44.2 Å². The number of phenols is 1. The van der Waals surface area contributed by atoms with E-state index < -0.39 is 0 Å². The van der Waals surface area contributed by atoms with E-state index in [0.717, 1.165) is 11.3 Å². The predicted molar refractivity (Wildman–Crippen MR) is 88.8 cm³/mol. The Morgan fingerprint density at radius 1 is 1.26 bits per heavy atom. The summed E-state index contributed by atoms with van der Waals surface area (Å²) in [7, 11) is 1.54. The second kappa shape index (κ2) is 6.47. The summed E-state index contributed by atoms with van der Waals surface area (Å²) < 4.78 is 6.96. The van der Waals surface area contributed by atoms with Gasteiger partial charge in [-0.25, -0.2) is 0 Å². The summed E-state index contributed by atoms with van der Waals surface area (Å²) in [6, 6.07) is 11.9. The molecule has 3 nitrogen and oxygen atoms in total. The van der Waals surface area contributed by atoms with E-state index in [1.165, 1.54) is 10.7 Å². The third-order valence-corrected chi connectivity index (χ3v) is 3.97. The van der Waals surface area contributed by atoms with Crippen LogP contribution < -0.4 is 10.1 Å². The number of hydrogen-bond acceptors (Lipinski definition) is 3. The van der Waals surface area contributed by atoms with Crippen molar-refractivity contribution in [3.05, 3.63) is 50.0 Å². The molecule has 0 unspecified atom stereocenters. The zero-order chi connectivity index (χ0) is 13.8. The number of benzene rings is 2. The normalized spacial score (nSPS) is 10.3. The lowest BCUT2D eigenvalue weighted by molar-refractivity contribution is 0.371. The van der Waals surface area contributed by atoms with Gasteiger partial charge in [-0.05, 0) is 80.5 Å². The van der Waals surface area contributed by atoms with Gasteiger partial charge >= 0.3 is 0 Å². The first-order chi connectivity index (χ1) is 9.10. The summed E-state index contributed by atoms with van der Waals surface area (Å²) in [5.74, 6) is 0.592. The Bertz CT molecular complexity index is 572. The molecule has 0 aliphatic heterocycles. The summed E-state index contributed by atoms with van der Waals surface area (Å²) in [4.78, 5) is 0. The minimum absolute atomic E-state index is 0.125. The van der Waals surface area contributed by atoms with Crippen molar-refractivity contribution in [2.75, 3.05) is 12.4 Å². The number of phenolic OH excluding ortho intramolecular Hbond substituents is 1. The molecule has 0 aliphatic rings. The third-order valence-electron chi connectivity index (χ3n) is 2.65. The molecule has 100 valence electrons. The lowest BCUT2D eigenvalue weighted by Gasteiger charge is -2.10. The second-order valence-electron chi connectivity index (χ2n) is 3.99. The van der Waals surface area contributed by atoms with Crippen LogP contribution in [0.2, 0.25) is 0 Å². The first kappa shape index (κ1) is 14.5. The Balaban J connectivity index is 2.11. The molecule has 0 aliphatic carbocycles. The standard InChI is InChI=1S/C14H13BrINO2/c1-19-13-7-9(6-12(15)14(13)18)8-17-11-4-2-10(16)3-5-11/h2-7,17-18H,8H2,1H3. The maximum absolute atomic E-state index is 9.74.